The van der Waals surface area contributed by atoms with Crippen molar-refractivity contribution in [2.45, 2.75) is 41.2 Å². The molecule has 1 aliphatic rings. The number of ether oxygens (including phenoxy) is 1. The first-order valence-corrected chi connectivity index (χ1v) is 7.30. The predicted octanol–water partition coefficient (Wildman–Crippen LogP) is 4.79. The third-order valence-corrected chi connectivity index (χ3v) is 5.58. The molecule has 0 saturated heterocycles. The summed E-state index contributed by atoms with van der Waals surface area (Å²) in [5, 5.41) is -0.557. The number of carbonyl (C=O) groups is 1. The van der Waals surface area contributed by atoms with E-state index in [0.29, 0.717) is 0 Å². The SMILES string of the molecule is Cc1c(F)c(F)c(COC(=O)C2C(C)(C)C2(C)C)c(Cl)c1F. The molecule has 0 spiro atoms. The molecule has 1 fully saturated rings. The fourth-order valence-corrected chi connectivity index (χ4v) is 3.21. The van der Waals surface area contributed by atoms with Gasteiger partial charge in [0, 0.05) is 11.1 Å². The standard InChI is InChI=1S/C16H18ClF3O2/c1-7-10(18)9(17)8(12(20)11(7)19)6-22-14(21)13-15(2,3)16(13,4)5/h13H,6H2,1-5H3. The van der Waals surface area contributed by atoms with E-state index in [1.807, 2.05) is 27.7 Å². The molecule has 1 aromatic rings. The fraction of sp³-hybridized carbons (Fsp3) is 0.562. The van der Waals surface area contributed by atoms with Crippen LogP contribution in [0.2, 0.25) is 5.02 Å². The average molecular weight is 335 g/mol. The van der Waals surface area contributed by atoms with Gasteiger partial charge in [0.15, 0.2) is 11.6 Å². The van der Waals surface area contributed by atoms with E-state index in [0.717, 1.165) is 6.92 Å². The Balaban J connectivity index is 2.19. The number of benzene rings is 1. The number of carbonyl (C=O) groups excluding carboxylic acids is 1. The molecule has 1 aliphatic carbocycles. The van der Waals surface area contributed by atoms with Crippen molar-refractivity contribution in [3.8, 4) is 0 Å². The zero-order valence-electron chi connectivity index (χ0n) is 13.1. The minimum absolute atomic E-state index is 0.240. The highest BCUT2D eigenvalue weighted by Crippen LogP contribution is 2.68. The van der Waals surface area contributed by atoms with Gasteiger partial charge in [-0.05, 0) is 17.8 Å². The molecule has 1 saturated carbocycles. The largest absolute Gasteiger partial charge is 0.460 e. The van der Waals surface area contributed by atoms with Gasteiger partial charge in [0.2, 0.25) is 0 Å². The first kappa shape index (κ1) is 17.1. The second-order valence-electron chi connectivity index (χ2n) is 6.84. The number of rotatable bonds is 3. The van der Waals surface area contributed by atoms with Gasteiger partial charge in [0.1, 0.15) is 12.4 Å². The summed E-state index contributed by atoms with van der Waals surface area (Å²) < 4.78 is 46.1. The highest BCUT2D eigenvalue weighted by Gasteiger charge is 2.69. The molecule has 2 rings (SSSR count). The monoisotopic (exact) mass is 334 g/mol. The molecule has 0 atom stereocenters. The van der Waals surface area contributed by atoms with Gasteiger partial charge in [0.05, 0.1) is 10.9 Å². The smallest absolute Gasteiger partial charge is 0.310 e. The van der Waals surface area contributed by atoms with Crippen molar-refractivity contribution in [3.63, 3.8) is 0 Å². The normalized spacial score (nSPS) is 19.1. The topological polar surface area (TPSA) is 26.3 Å². The summed E-state index contributed by atoms with van der Waals surface area (Å²) in [4.78, 5) is 12.1. The maximum absolute atomic E-state index is 13.9. The Hall–Kier alpha value is -1.23. The molecule has 0 amide bonds. The van der Waals surface area contributed by atoms with Crippen LogP contribution in [0.5, 0.6) is 0 Å². The molecule has 0 radical (unpaired) electrons. The summed E-state index contributed by atoms with van der Waals surface area (Å²) in [5.74, 6) is -4.52. The van der Waals surface area contributed by atoms with Crippen LogP contribution in [0, 0.1) is 41.1 Å². The molecule has 0 bridgehead atoms. The van der Waals surface area contributed by atoms with E-state index in [2.05, 4.69) is 0 Å². The zero-order valence-corrected chi connectivity index (χ0v) is 13.9. The van der Waals surface area contributed by atoms with Gasteiger partial charge in [-0.25, -0.2) is 13.2 Å². The van der Waals surface area contributed by atoms with E-state index in [1.54, 1.807) is 0 Å². The Morgan fingerprint density at radius 2 is 1.59 bits per heavy atom. The van der Waals surface area contributed by atoms with Crippen LogP contribution in [0.1, 0.15) is 38.8 Å². The van der Waals surface area contributed by atoms with Gasteiger partial charge >= 0.3 is 5.97 Å². The molecule has 0 heterocycles. The molecule has 0 unspecified atom stereocenters. The first-order valence-electron chi connectivity index (χ1n) is 6.92. The maximum atomic E-state index is 13.9. The Kier molecular flexibility index (Phi) is 4.01. The summed E-state index contributed by atoms with van der Waals surface area (Å²) in [6.45, 7) is 8.20. The van der Waals surface area contributed by atoms with Crippen LogP contribution >= 0.6 is 11.6 Å². The zero-order chi connectivity index (χ0) is 17.0. The van der Waals surface area contributed by atoms with E-state index in [4.69, 9.17) is 16.3 Å². The van der Waals surface area contributed by atoms with E-state index in [9.17, 15) is 18.0 Å². The lowest BCUT2D eigenvalue weighted by Crippen LogP contribution is -2.13. The summed E-state index contributed by atoms with van der Waals surface area (Å²) >= 11 is 5.69. The van der Waals surface area contributed by atoms with Gasteiger partial charge in [-0.15, -0.1) is 0 Å². The molecule has 0 aromatic heterocycles. The van der Waals surface area contributed by atoms with E-state index >= 15 is 0 Å². The van der Waals surface area contributed by atoms with Crippen LogP contribution in [0.4, 0.5) is 13.2 Å². The summed E-state index contributed by atoms with van der Waals surface area (Å²) in [7, 11) is 0. The summed E-state index contributed by atoms with van der Waals surface area (Å²) in [5.41, 5.74) is -1.46. The minimum atomic E-state index is -1.32. The second-order valence-corrected chi connectivity index (χ2v) is 7.22. The lowest BCUT2D eigenvalue weighted by molar-refractivity contribution is -0.148. The maximum Gasteiger partial charge on any atom is 0.310 e. The van der Waals surface area contributed by atoms with Gasteiger partial charge in [-0.3, -0.25) is 4.79 Å². The van der Waals surface area contributed by atoms with Crippen molar-refractivity contribution < 1.29 is 22.7 Å². The Morgan fingerprint density at radius 1 is 1.09 bits per heavy atom. The number of halogens is 4. The van der Waals surface area contributed by atoms with E-state index < -0.39 is 46.2 Å². The molecular formula is C16H18ClF3O2. The van der Waals surface area contributed by atoms with Gasteiger partial charge in [-0.1, -0.05) is 39.3 Å². The van der Waals surface area contributed by atoms with Crippen LogP contribution in [-0.2, 0) is 16.1 Å². The first-order chi connectivity index (χ1) is 9.94. The lowest BCUT2D eigenvalue weighted by atomic mass is 10.0. The van der Waals surface area contributed by atoms with Crippen molar-refractivity contribution in [3.05, 3.63) is 33.6 Å². The van der Waals surface area contributed by atoms with Crippen molar-refractivity contribution in [2.75, 3.05) is 0 Å². The van der Waals surface area contributed by atoms with Crippen LogP contribution in [0.15, 0.2) is 0 Å². The molecule has 122 valence electrons. The summed E-state index contributed by atoms with van der Waals surface area (Å²) in [6, 6.07) is 0. The van der Waals surface area contributed by atoms with Gasteiger partial charge in [-0.2, -0.15) is 0 Å². The minimum Gasteiger partial charge on any atom is -0.460 e. The fourth-order valence-electron chi connectivity index (χ4n) is 2.93. The third-order valence-electron chi connectivity index (χ3n) is 5.19. The van der Waals surface area contributed by atoms with Crippen LogP contribution in [0.3, 0.4) is 0 Å². The number of esters is 1. The Labute approximate surface area is 132 Å². The lowest BCUT2D eigenvalue weighted by Gasteiger charge is -2.11. The number of hydrogen-bond acceptors (Lipinski definition) is 2. The molecule has 6 heteroatoms. The van der Waals surface area contributed by atoms with E-state index in [1.165, 1.54) is 0 Å². The van der Waals surface area contributed by atoms with Crippen LogP contribution in [-0.4, -0.2) is 5.97 Å². The molecule has 1 aromatic carbocycles. The van der Waals surface area contributed by atoms with Crippen molar-refractivity contribution >= 4 is 17.6 Å². The Bertz CT molecular complexity index is 610. The van der Waals surface area contributed by atoms with Crippen molar-refractivity contribution in [1.82, 2.24) is 0 Å². The predicted molar refractivity (Wildman–Crippen MR) is 76.9 cm³/mol. The second kappa shape index (κ2) is 5.15. The molecule has 0 aliphatic heterocycles. The average Bonchev–Trinajstić information content (AvgIpc) is 2.84. The third kappa shape index (κ3) is 2.30. The highest BCUT2D eigenvalue weighted by atomic mass is 35.5. The quantitative estimate of drug-likeness (QED) is 0.586. The molecule has 2 nitrogen and oxygen atoms in total. The Morgan fingerprint density at radius 3 is 2.05 bits per heavy atom. The van der Waals surface area contributed by atoms with Crippen LogP contribution < -0.4 is 0 Å². The highest BCUT2D eigenvalue weighted by molar-refractivity contribution is 6.31. The summed E-state index contributed by atoms with van der Waals surface area (Å²) in [6.07, 6.45) is 0. The van der Waals surface area contributed by atoms with Crippen molar-refractivity contribution in [2.24, 2.45) is 16.7 Å². The molecule has 0 N–H and O–H groups in total. The van der Waals surface area contributed by atoms with Crippen LogP contribution in [0.25, 0.3) is 0 Å². The van der Waals surface area contributed by atoms with E-state index in [-0.39, 0.29) is 16.7 Å². The van der Waals surface area contributed by atoms with Crippen molar-refractivity contribution in [1.29, 1.82) is 0 Å². The number of hydrogen-bond donors (Lipinski definition) is 0. The van der Waals surface area contributed by atoms with Gasteiger partial charge in [0.25, 0.3) is 0 Å². The molecule has 22 heavy (non-hydrogen) atoms. The molecular weight excluding hydrogens is 317 g/mol. The van der Waals surface area contributed by atoms with Gasteiger partial charge < -0.3 is 4.74 Å².